The maximum absolute atomic E-state index is 11.8. The average molecular weight is 314 g/mol. The molecule has 0 bridgehead atoms. The zero-order valence-corrected chi connectivity index (χ0v) is 12.7. The number of benzene rings is 1. The van der Waals surface area contributed by atoms with E-state index in [0.29, 0.717) is 11.5 Å². The largest absolute Gasteiger partial charge is 0.493 e. The van der Waals surface area contributed by atoms with Gasteiger partial charge in [-0.05, 0) is 35.2 Å². The van der Waals surface area contributed by atoms with Crippen LogP contribution in [0.4, 0.5) is 5.69 Å². The Kier molecular flexibility index (Phi) is 5.57. The van der Waals surface area contributed by atoms with Crippen LogP contribution in [0.2, 0.25) is 0 Å². The summed E-state index contributed by atoms with van der Waals surface area (Å²) in [4.78, 5) is 11.8. The number of ether oxygens (including phenoxy) is 2. The van der Waals surface area contributed by atoms with Crippen LogP contribution in [0.3, 0.4) is 0 Å². The van der Waals surface area contributed by atoms with Gasteiger partial charge in [-0.1, -0.05) is 6.07 Å². The second-order valence-electron chi connectivity index (χ2n) is 4.19. The van der Waals surface area contributed by atoms with Crippen LogP contribution in [0.15, 0.2) is 41.1 Å². The number of carbonyl (C=O) groups excluding carboxylic acids is 1. The number of nitriles is 1. The van der Waals surface area contributed by atoms with Crippen LogP contribution in [0.5, 0.6) is 11.5 Å². The van der Waals surface area contributed by atoms with Crippen molar-refractivity contribution in [3.63, 3.8) is 0 Å². The third-order valence-corrected chi connectivity index (χ3v) is 3.38. The first-order valence-electron chi connectivity index (χ1n) is 6.42. The second-order valence-corrected chi connectivity index (χ2v) is 4.97. The van der Waals surface area contributed by atoms with E-state index in [9.17, 15) is 4.79 Å². The standard InChI is InChI=1S/C16H14N2O3S/c1-20-15-10-12(2-4-14(15)21-8-7-17)3-5-16(19)18-13-6-9-22-11-13/h2-6,9-11H,8H2,1H3,(H,18,19)/b5-3-. The zero-order valence-electron chi connectivity index (χ0n) is 11.9. The van der Waals surface area contributed by atoms with Gasteiger partial charge in [0.15, 0.2) is 18.1 Å². The fourth-order valence-electron chi connectivity index (χ4n) is 1.71. The molecule has 5 nitrogen and oxygen atoms in total. The molecule has 1 amide bonds. The number of nitrogens with zero attached hydrogens (tertiary/aromatic N) is 1. The molecular formula is C16H14N2O3S. The third kappa shape index (κ3) is 4.36. The topological polar surface area (TPSA) is 71.3 Å². The van der Waals surface area contributed by atoms with Crippen LogP contribution in [-0.4, -0.2) is 19.6 Å². The minimum Gasteiger partial charge on any atom is -0.493 e. The summed E-state index contributed by atoms with van der Waals surface area (Å²) in [7, 11) is 1.52. The highest BCUT2D eigenvalue weighted by Gasteiger charge is 2.05. The van der Waals surface area contributed by atoms with Crippen molar-refractivity contribution >= 4 is 29.0 Å². The SMILES string of the molecule is COc1cc(/C=C\C(=O)Nc2ccsc2)ccc1OCC#N. The summed E-state index contributed by atoms with van der Waals surface area (Å²) in [6.07, 6.45) is 3.13. The molecule has 2 rings (SSSR count). The number of carbonyl (C=O) groups is 1. The van der Waals surface area contributed by atoms with E-state index >= 15 is 0 Å². The van der Waals surface area contributed by atoms with Crippen molar-refractivity contribution in [2.45, 2.75) is 0 Å². The number of amides is 1. The number of methoxy groups -OCH3 is 1. The summed E-state index contributed by atoms with van der Waals surface area (Å²) in [5.74, 6) is 0.793. The lowest BCUT2D eigenvalue weighted by atomic mass is 10.2. The van der Waals surface area contributed by atoms with Crippen molar-refractivity contribution < 1.29 is 14.3 Å². The maximum Gasteiger partial charge on any atom is 0.248 e. The molecule has 6 heteroatoms. The summed E-state index contributed by atoms with van der Waals surface area (Å²) in [6.45, 7) is -0.0470. The molecular weight excluding hydrogens is 300 g/mol. The van der Waals surface area contributed by atoms with Gasteiger partial charge in [0.25, 0.3) is 0 Å². The molecule has 1 N–H and O–H groups in total. The molecule has 0 aliphatic heterocycles. The van der Waals surface area contributed by atoms with E-state index in [2.05, 4.69) is 5.32 Å². The van der Waals surface area contributed by atoms with E-state index < -0.39 is 0 Å². The molecule has 0 saturated heterocycles. The van der Waals surface area contributed by atoms with Gasteiger partial charge in [0.2, 0.25) is 5.91 Å². The van der Waals surface area contributed by atoms with Crippen LogP contribution in [0.25, 0.3) is 6.08 Å². The van der Waals surface area contributed by atoms with Crippen molar-refractivity contribution in [2.24, 2.45) is 0 Å². The Morgan fingerprint density at radius 3 is 2.95 bits per heavy atom. The molecule has 0 spiro atoms. The Bertz CT molecular complexity index is 703. The van der Waals surface area contributed by atoms with E-state index in [1.807, 2.05) is 22.9 Å². The Hall–Kier alpha value is -2.78. The average Bonchev–Trinajstić information content (AvgIpc) is 3.04. The Labute approximate surface area is 132 Å². The lowest BCUT2D eigenvalue weighted by Gasteiger charge is -2.08. The fraction of sp³-hybridized carbons (Fsp3) is 0.125. The summed E-state index contributed by atoms with van der Waals surface area (Å²) in [5, 5.41) is 15.0. The second kappa shape index (κ2) is 7.86. The van der Waals surface area contributed by atoms with Crippen molar-refractivity contribution in [3.8, 4) is 17.6 Å². The first-order chi connectivity index (χ1) is 10.7. The van der Waals surface area contributed by atoms with Crippen molar-refractivity contribution in [1.82, 2.24) is 0 Å². The third-order valence-electron chi connectivity index (χ3n) is 2.70. The number of nitrogens with one attached hydrogen (secondary N) is 1. The normalized spacial score (nSPS) is 10.2. The molecule has 0 radical (unpaired) electrons. The molecule has 0 aliphatic rings. The lowest BCUT2D eigenvalue weighted by Crippen LogP contribution is -2.06. The van der Waals surface area contributed by atoms with Gasteiger partial charge in [0, 0.05) is 11.5 Å². The van der Waals surface area contributed by atoms with Gasteiger partial charge in [-0.25, -0.2) is 0 Å². The predicted molar refractivity (Wildman–Crippen MR) is 86.1 cm³/mol. The molecule has 0 fully saturated rings. The van der Waals surface area contributed by atoms with E-state index in [0.717, 1.165) is 11.3 Å². The molecule has 22 heavy (non-hydrogen) atoms. The summed E-state index contributed by atoms with van der Waals surface area (Å²) < 4.78 is 10.4. The minimum atomic E-state index is -0.206. The summed E-state index contributed by atoms with van der Waals surface area (Å²) in [6, 6.07) is 8.95. The van der Waals surface area contributed by atoms with Crippen molar-refractivity contribution in [3.05, 3.63) is 46.7 Å². The minimum absolute atomic E-state index is 0.0470. The molecule has 0 saturated carbocycles. The van der Waals surface area contributed by atoms with Gasteiger partial charge in [0.05, 0.1) is 12.8 Å². The first-order valence-corrected chi connectivity index (χ1v) is 7.36. The van der Waals surface area contributed by atoms with E-state index in [4.69, 9.17) is 14.7 Å². The van der Waals surface area contributed by atoms with E-state index in [-0.39, 0.29) is 12.5 Å². The Morgan fingerprint density at radius 1 is 1.41 bits per heavy atom. The number of hydrogen-bond acceptors (Lipinski definition) is 5. The molecule has 0 aliphatic carbocycles. The smallest absolute Gasteiger partial charge is 0.248 e. The van der Waals surface area contributed by atoms with Gasteiger partial charge >= 0.3 is 0 Å². The van der Waals surface area contributed by atoms with Crippen molar-refractivity contribution in [2.75, 3.05) is 19.0 Å². The highest BCUT2D eigenvalue weighted by Crippen LogP contribution is 2.28. The molecule has 0 unspecified atom stereocenters. The van der Waals surface area contributed by atoms with Crippen LogP contribution in [-0.2, 0) is 4.79 Å². The number of anilines is 1. The quantitative estimate of drug-likeness (QED) is 0.830. The Balaban J connectivity index is 2.04. The predicted octanol–water partition coefficient (Wildman–Crippen LogP) is 3.31. The molecule has 1 heterocycles. The van der Waals surface area contributed by atoms with Gasteiger partial charge < -0.3 is 14.8 Å². The van der Waals surface area contributed by atoms with Gasteiger partial charge in [-0.15, -0.1) is 0 Å². The fourth-order valence-corrected chi connectivity index (χ4v) is 2.30. The van der Waals surface area contributed by atoms with Gasteiger partial charge in [0.1, 0.15) is 6.07 Å². The number of rotatable bonds is 6. The van der Waals surface area contributed by atoms with E-state index in [1.54, 1.807) is 24.3 Å². The van der Waals surface area contributed by atoms with Crippen molar-refractivity contribution in [1.29, 1.82) is 5.26 Å². The van der Waals surface area contributed by atoms with Crippen LogP contribution in [0.1, 0.15) is 5.56 Å². The highest BCUT2D eigenvalue weighted by molar-refractivity contribution is 7.08. The van der Waals surface area contributed by atoms with Crippen LogP contribution >= 0.6 is 11.3 Å². The molecule has 0 atom stereocenters. The summed E-state index contributed by atoms with van der Waals surface area (Å²) in [5.41, 5.74) is 1.57. The molecule has 1 aromatic carbocycles. The Morgan fingerprint density at radius 2 is 2.27 bits per heavy atom. The molecule has 1 aromatic heterocycles. The molecule has 2 aromatic rings. The maximum atomic E-state index is 11.8. The number of thiophene rings is 1. The van der Waals surface area contributed by atoms with Gasteiger partial charge in [-0.2, -0.15) is 16.6 Å². The zero-order chi connectivity index (χ0) is 15.8. The molecule has 112 valence electrons. The number of hydrogen-bond donors (Lipinski definition) is 1. The van der Waals surface area contributed by atoms with Gasteiger partial charge in [-0.3, -0.25) is 4.79 Å². The van der Waals surface area contributed by atoms with Crippen LogP contribution in [0, 0.1) is 11.3 Å². The first kappa shape index (κ1) is 15.6. The summed E-state index contributed by atoms with van der Waals surface area (Å²) >= 11 is 1.52. The van der Waals surface area contributed by atoms with Crippen LogP contribution < -0.4 is 14.8 Å². The highest BCUT2D eigenvalue weighted by atomic mass is 32.1. The monoisotopic (exact) mass is 314 g/mol. The van der Waals surface area contributed by atoms with E-state index in [1.165, 1.54) is 24.5 Å². The lowest BCUT2D eigenvalue weighted by molar-refractivity contribution is -0.111.